The number of carbonyl (C=O) groups is 3. The summed E-state index contributed by atoms with van der Waals surface area (Å²) >= 11 is 0. The lowest BCUT2D eigenvalue weighted by molar-refractivity contribution is 0.119. The van der Waals surface area contributed by atoms with Gasteiger partial charge in [-0.1, -0.05) is 0 Å². The van der Waals surface area contributed by atoms with Crippen LogP contribution in [0.1, 0.15) is 19.3 Å². The molecule has 1 saturated heterocycles. The van der Waals surface area contributed by atoms with E-state index in [0.29, 0.717) is 45.4 Å². The van der Waals surface area contributed by atoms with Crippen LogP contribution in [0.5, 0.6) is 0 Å². The summed E-state index contributed by atoms with van der Waals surface area (Å²) in [6.07, 6.45) is -1.58. The quantitative estimate of drug-likeness (QED) is 0.507. The molecule has 0 aromatic carbocycles. The van der Waals surface area contributed by atoms with Crippen molar-refractivity contribution in [2.75, 3.05) is 52.4 Å². The van der Waals surface area contributed by atoms with Crippen LogP contribution in [-0.2, 0) is 0 Å². The van der Waals surface area contributed by atoms with E-state index in [4.69, 9.17) is 5.11 Å². The Kier molecular flexibility index (Phi) is 8.69. The van der Waals surface area contributed by atoms with Gasteiger partial charge in [0.05, 0.1) is 0 Å². The van der Waals surface area contributed by atoms with Crippen molar-refractivity contribution < 1.29 is 29.7 Å². The zero-order valence-corrected chi connectivity index (χ0v) is 13.7. The first kappa shape index (κ1) is 19.8. The molecule has 1 fully saturated rings. The molecule has 0 aromatic heterocycles. The Morgan fingerprint density at radius 3 is 1.29 bits per heavy atom. The molecule has 0 aliphatic carbocycles. The average molecular weight is 346 g/mol. The second kappa shape index (κ2) is 10.5. The molecular formula is C14H26N4O6. The number of rotatable bonds is 0. The largest absolute Gasteiger partial charge is 0.465 e. The van der Waals surface area contributed by atoms with Crippen molar-refractivity contribution in [3.05, 3.63) is 0 Å². The van der Waals surface area contributed by atoms with E-state index < -0.39 is 18.3 Å². The van der Waals surface area contributed by atoms with Crippen LogP contribution in [0.15, 0.2) is 0 Å². The fraction of sp³-hybridized carbons (Fsp3) is 0.786. The van der Waals surface area contributed by atoms with Crippen LogP contribution in [-0.4, -0.2) is 101 Å². The van der Waals surface area contributed by atoms with E-state index in [9.17, 15) is 24.6 Å². The summed E-state index contributed by atoms with van der Waals surface area (Å²) in [4.78, 5) is 37.3. The van der Waals surface area contributed by atoms with Crippen molar-refractivity contribution in [3.63, 3.8) is 0 Å². The Hall–Kier alpha value is -2.23. The molecule has 1 aliphatic rings. The van der Waals surface area contributed by atoms with Gasteiger partial charge in [0.15, 0.2) is 0 Å². The lowest BCUT2D eigenvalue weighted by Gasteiger charge is -2.25. The molecule has 138 valence electrons. The van der Waals surface area contributed by atoms with Gasteiger partial charge in [-0.25, -0.2) is 14.4 Å². The van der Waals surface area contributed by atoms with Crippen molar-refractivity contribution in [2.24, 2.45) is 0 Å². The van der Waals surface area contributed by atoms with Gasteiger partial charge in [-0.05, 0) is 32.4 Å². The van der Waals surface area contributed by atoms with Crippen molar-refractivity contribution in [3.8, 4) is 0 Å². The summed E-state index contributed by atoms with van der Waals surface area (Å²) in [5, 5.41) is 30.7. The Balaban J connectivity index is 2.68. The predicted octanol–water partition coefficient (Wildman–Crippen LogP) is 0.700. The molecule has 1 heterocycles. The standard InChI is InChI=1S/C14H26N4O6/c19-12(20)16-6-1-4-15-5-2-7-17(13(21)22)10-11-18(14(23)24)9-3-8-16/h15H,1-11H2,(H,19,20)(H,21,22)(H,23,24). The van der Waals surface area contributed by atoms with Crippen LogP contribution >= 0.6 is 0 Å². The van der Waals surface area contributed by atoms with Crippen LogP contribution in [0, 0.1) is 0 Å². The number of carboxylic acid groups (broad SMARTS) is 3. The Bertz CT molecular complexity index is 433. The van der Waals surface area contributed by atoms with E-state index in [1.54, 1.807) is 0 Å². The molecule has 0 spiro atoms. The zero-order valence-electron chi connectivity index (χ0n) is 13.7. The lowest BCUT2D eigenvalue weighted by Crippen LogP contribution is -2.42. The van der Waals surface area contributed by atoms with Gasteiger partial charge in [0, 0.05) is 39.3 Å². The van der Waals surface area contributed by atoms with E-state index in [1.165, 1.54) is 9.80 Å². The molecule has 4 N–H and O–H groups in total. The number of hydrogen-bond donors (Lipinski definition) is 4. The van der Waals surface area contributed by atoms with E-state index in [1.807, 2.05) is 0 Å². The molecular weight excluding hydrogens is 320 g/mol. The van der Waals surface area contributed by atoms with Gasteiger partial charge >= 0.3 is 18.3 Å². The fourth-order valence-electron chi connectivity index (χ4n) is 2.52. The first-order valence-corrected chi connectivity index (χ1v) is 8.06. The minimum atomic E-state index is -1.13. The summed E-state index contributed by atoms with van der Waals surface area (Å²) in [7, 11) is 0. The molecule has 1 rings (SSSR count). The molecule has 10 nitrogen and oxygen atoms in total. The normalized spacial score (nSPS) is 19.2. The third-order valence-corrected chi connectivity index (χ3v) is 3.87. The highest BCUT2D eigenvalue weighted by Crippen LogP contribution is 2.01. The SMILES string of the molecule is O=C(O)N1CCCNCCCN(C(=O)O)CCN(C(=O)O)CCC1. The third kappa shape index (κ3) is 7.36. The van der Waals surface area contributed by atoms with Crippen LogP contribution in [0.4, 0.5) is 14.4 Å². The van der Waals surface area contributed by atoms with Crippen molar-refractivity contribution in [1.82, 2.24) is 20.0 Å². The monoisotopic (exact) mass is 346 g/mol. The zero-order chi connectivity index (χ0) is 17.9. The summed E-state index contributed by atoms with van der Waals surface area (Å²) in [6.45, 7) is 2.59. The van der Waals surface area contributed by atoms with Crippen LogP contribution in [0.25, 0.3) is 0 Å². The van der Waals surface area contributed by atoms with Crippen LogP contribution < -0.4 is 5.32 Å². The molecule has 0 aromatic rings. The molecule has 0 radical (unpaired) electrons. The van der Waals surface area contributed by atoms with Gasteiger partial charge in [0.25, 0.3) is 0 Å². The van der Waals surface area contributed by atoms with Crippen molar-refractivity contribution in [2.45, 2.75) is 19.3 Å². The molecule has 24 heavy (non-hydrogen) atoms. The average Bonchev–Trinajstić information content (AvgIpc) is 2.51. The Morgan fingerprint density at radius 2 is 0.917 bits per heavy atom. The van der Waals surface area contributed by atoms with Gasteiger partial charge in [0.1, 0.15) is 0 Å². The van der Waals surface area contributed by atoms with Crippen LogP contribution in [0.2, 0.25) is 0 Å². The topological polar surface area (TPSA) is 134 Å². The van der Waals surface area contributed by atoms with E-state index >= 15 is 0 Å². The van der Waals surface area contributed by atoms with E-state index in [-0.39, 0.29) is 26.2 Å². The maximum Gasteiger partial charge on any atom is 0.407 e. The maximum absolute atomic E-state index is 11.3. The van der Waals surface area contributed by atoms with Gasteiger partial charge in [-0.2, -0.15) is 0 Å². The highest BCUT2D eigenvalue weighted by Gasteiger charge is 2.18. The lowest BCUT2D eigenvalue weighted by atomic mass is 10.3. The maximum atomic E-state index is 11.3. The molecule has 0 unspecified atom stereocenters. The summed E-state index contributed by atoms with van der Waals surface area (Å²) in [6, 6.07) is 0. The minimum absolute atomic E-state index is 0.0716. The highest BCUT2D eigenvalue weighted by molar-refractivity contribution is 5.66. The number of hydrogen-bond acceptors (Lipinski definition) is 4. The first-order valence-electron chi connectivity index (χ1n) is 8.06. The Morgan fingerprint density at radius 1 is 0.583 bits per heavy atom. The minimum Gasteiger partial charge on any atom is -0.465 e. The summed E-state index contributed by atoms with van der Waals surface area (Å²) < 4.78 is 0. The molecule has 0 atom stereocenters. The number of amides is 3. The number of nitrogens with zero attached hydrogens (tertiary/aromatic N) is 3. The van der Waals surface area contributed by atoms with E-state index in [2.05, 4.69) is 5.32 Å². The first-order chi connectivity index (χ1) is 11.4. The van der Waals surface area contributed by atoms with Crippen molar-refractivity contribution in [1.29, 1.82) is 0 Å². The number of nitrogens with one attached hydrogen (secondary N) is 1. The van der Waals surface area contributed by atoms with Gasteiger partial charge < -0.3 is 35.3 Å². The summed E-state index contributed by atoms with van der Waals surface area (Å²) in [5.74, 6) is 0. The highest BCUT2D eigenvalue weighted by atomic mass is 16.4. The van der Waals surface area contributed by atoms with Gasteiger partial charge in [0.2, 0.25) is 0 Å². The molecule has 10 heteroatoms. The fourth-order valence-corrected chi connectivity index (χ4v) is 2.52. The predicted molar refractivity (Wildman–Crippen MR) is 85.5 cm³/mol. The van der Waals surface area contributed by atoms with Gasteiger partial charge in [-0.15, -0.1) is 0 Å². The van der Waals surface area contributed by atoms with Crippen LogP contribution in [0.3, 0.4) is 0 Å². The molecule has 0 saturated carbocycles. The van der Waals surface area contributed by atoms with E-state index in [0.717, 1.165) is 4.90 Å². The Labute approximate surface area is 140 Å². The molecule has 1 aliphatic heterocycles. The smallest absolute Gasteiger partial charge is 0.407 e. The summed E-state index contributed by atoms with van der Waals surface area (Å²) in [5.41, 5.74) is 0. The van der Waals surface area contributed by atoms with Gasteiger partial charge in [-0.3, -0.25) is 0 Å². The van der Waals surface area contributed by atoms with Crippen molar-refractivity contribution >= 4 is 18.3 Å². The molecule has 0 bridgehead atoms. The second-order valence-electron chi connectivity index (χ2n) is 5.62. The molecule has 3 amide bonds. The second-order valence-corrected chi connectivity index (χ2v) is 5.62. The third-order valence-electron chi connectivity index (χ3n) is 3.87.